The summed E-state index contributed by atoms with van der Waals surface area (Å²) in [4.78, 5) is 30.2. The summed E-state index contributed by atoms with van der Waals surface area (Å²) in [5.74, 6) is 0.157. The number of amides is 2. The molecule has 7 nitrogen and oxygen atoms in total. The summed E-state index contributed by atoms with van der Waals surface area (Å²) in [7, 11) is 1.51. The predicted molar refractivity (Wildman–Crippen MR) is 127 cm³/mol. The Morgan fingerprint density at radius 3 is 2.51 bits per heavy atom. The topological polar surface area (TPSA) is 72.2 Å². The smallest absolute Gasteiger partial charge is 0.258 e. The van der Waals surface area contributed by atoms with E-state index in [1.165, 1.54) is 24.1 Å². The molecule has 1 fully saturated rings. The van der Waals surface area contributed by atoms with Crippen LogP contribution in [-0.2, 0) is 22.6 Å². The Kier molecular flexibility index (Phi) is 8.15. The number of nitrogens with zero attached hydrogens (tertiary/aromatic N) is 2. The fourth-order valence-corrected chi connectivity index (χ4v) is 4.14. The SMILES string of the molecule is COc1ccccc1C(=O)N(CC(=O)N(Cc1ccc(F)cc1)Cc1ccco1)CC1CCCO1. The number of para-hydroxylation sites is 1. The molecule has 35 heavy (non-hydrogen) atoms. The Balaban J connectivity index is 1.57. The van der Waals surface area contributed by atoms with Crippen molar-refractivity contribution in [2.24, 2.45) is 0 Å². The third-order valence-corrected chi connectivity index (χ3v) is 5.96. The summed E-state index contributed by atoms with van der Waals surface area (Å²) < 4.78 is 30.0. The van der Waals surface area contributed by atoms with Crippen molar-refractivity contribution in [2.45, 2.75) is 32.0 Å². The minimum Gasteiger partial charge on any atom is -0.496 e. The van der Waals surface area contributed by atoms with Gasteiger partial charge in [0.25, 0.3) is 5.91 Å². The van der Waals surface area contributed by atoms with E-state index in [1.807, 2.05) is 0 Å². The lowest BCUT2D eigenvalue weighted by atomic mass is 10.1. The Morgan fingerprint density at radius 2 is 1.83 bits per heavy atom. The summed E-state index contributed by atoms with van der Waals surface area (Å²) in [6.07, 6.45) is 3.17. The van der Waals surface area contributed by atoms with Crippen molar-refractivity contribution in [1.29, 1.82) is 0 Å². The molecule has 1 saturated heterocycles. The van der Waals surface area contributed by atoms with Crippen molar-refractivity contribution >= 4 is 11.8 Å². The highest BCUT2D eigenvalue weighted by Gasteiger charge is 2.28. The zero-order valence-electron chi connectivity index (χ0n) is 19.7. The number of rotatable bonds is 10. The van der Waals surface area contributed by atoms with Gasteiger partial charge < -0.3 is 23.7 Å². The van der Waals surface area contributed by atoms with E-state index in [2.05, 4.69) is 0 Å². The van der Waals surface area contributed by atoms with Gasteiger partial charge in [-0.1, -0.05) is 24.3 Å². The highest BCUT2D eigenvalue weighted by atomic mass is 19.1. The Hall–Kier alpha value is -3.65. The van der Waals surface area contributed by atoms with Crippen LogP contribution in [0.15, 0.2) is 71.3 Å². The first-order valence-electron chi connectivity index (χ1n) is 11.6. The number of furan rings is 1. The van der Waals surface area contributed by atoms with Gasteiger partial charge >= 0.3 is 0 Å². The second-order valence-electron chi connectivity index (χ2n) is 8.48. The van der Waals surface area contributed by atoms with Gasteiger partial charge in [-0.05, 0) is 54.8 Å². The maximum atomic E-state index is 13.6. The molecule has 0 spiro atoms. The number of hydrogen-bond acceptors (Lipinski definition) is 5. The van der Waals surface area contributed by atoms with Crippen molar-refractivity contribution in [1.82, 2.24) is 9.80 Å². The van der Waals surface area contributed by atoms with Gasteiger partial charge in [-0.2, -0.15) is 0 Å². The van der Waals surface area contributed by atoms with Gasteiger partial charge in [0.1, 0.15) is 23.9 Å². The average molecular weight is 481 g/mol. The Bertz CT molecular complexity index is 1110. The molecule has 0 saturated carbocycles. The quantitative estimate of drug-likeness (QED) is 0.433. The van der Waals surface area contributed by atoms with Crippen LogP contribution in [-0.4, -0.2) is 54.5 Å². The van der Waals surface area contributed by atoms with Gasteiger partial charge in [0, 0.05) is 19.7 Å². The zero-order valence-corrected chi connectivity index (χ0v) is 19.7. The van der Waals surface area contributed by atoms with Crippen molar-refractivity contribution in [2.75, 3.05) is 26.8 Å². The molecular weight excluding hydrogens is 451 g/mol. The van der Waals surface area contributed by atoms with Crippen LogP contribution in [0.2, 0.25) is 0 Å². The van der Waals surface area contributed by atoms with Crippen LogP contribution < -0.4 is 4.74 Å². The number of carbonyl (C=O) groups excluding carboxylic acids is 2. The van der Waals surface area contributed by atoms with Gasteiger partial charge in [0.2, 0.25) is 5.91 Å². The summed E-state index contributed by atoms with van der Waals surface area (Å²) in [5.41, 5.74) is 1.16. The fraction of sp³-hybridized carbons (Fsp3) is 0.333. The molecule has 3 aromatic rings. The minimum absolute atomic E-state index is 0.128. The molecule has 1 unspecified atom stereocenters. The molecule has 4 rings (SSSR count). The molecule has 0 bridgehead atoms. The van der Waals surface area contributed by atoms with Gasteiger partial charge in [-0.25, -0.2) is 4.39 Å². The van der Waals surface area contributed by atoms with Crippen LogP contribution in [0.4, 0.5) is 4.39 Å². The fourth-order valence-electron chi connectivity index (χ4n) is 4.14. The van der Waals surface area contributed by atoms with E-state index in [-0.39, 0.29) is 43.4 Å². The van der Waals surface area contributed by atoms with Crippen LogP contribution in [0.3, 0.4) is 0 Å². The lowest BCUT2D eigenvalue weighted by Crippen LogP contribution is -2.45. The van der Waals surface area contributed by atoms with E-state index in [0.717, 1.165) is 18.4 Å². The Morgan fingerprint density at radius 1 is 1.03 bits per heavy atom. The van der Waals surface area contributed by atoms with Gasteiger partial charge in [-0.3, -0.25) is 9.59 Å². The maximum absolute atomic E-state index is 13.6. The highest BCUT2D eigenvalue weighted by Crippen LogP contribution is 2.22. The average Bonchev–Trinajstić information content (AvgIpc) is 3.58. The number of ether oxygens (including phenoxy) is 2. The second kappa shape index (κ2) is 11.7. The predicted octanol–water partition coefficient (Wildman–Crippen LogP) is 4.28. The second-order valence-corrected chi connectivity index (χ2v) is 8.48. The Labute approximate surface area is 204 Å². The largest absolute Gasteiger partial charge is 0.496 e. The summed E-state index contributed by atoms with van der Waals surface area (Å²) in [6.45, 7) is 1.27. The third kappa shape index (κ3) is 6.48. The standard InChI is InChI=1S/C27H29FN2O5/c1-33-25-9-3-2-8-24(25)27(32)30(18-23-7-5-15-35-23)19-26(31)29(17-22-6-4-14-34-22)16-20-10-12-21(28)13-11-20/h2-4,6,8-14,23H,5,7,15-19H2,1H3. The molecule has 1 aromatic heterocycles. The van der Waals surface area contributed by atoms with Gasteiger partial charge in [0.15, 0.2) is 0 Å². The monoisotopic (exact) mass is 480 g/mol. The normalized spacial score (nSPS) is 15.1. The van der Waals surface area contributed by atoms with Gasteiger partial charge in [0.05, 0.1) is 31.6 Å². The first-order valence-corrected chi connectivity index (χ1v) is 11.6. The van der Waals surface area contributed by atoms with E-state index in [1.54, 1.807) is 59.7 Å². The van der Waals surface area contributed by atoms with E-state index in [4.69, 9.17) is 13.9 Å². The maximum Gasteiger partial charge on any atom is 0.258 e. The molecule has 0 radical (unpaired) electrons. The van der Waals surface area contributed by atoms with Crippen molar-refractivity contribution in [3.05, 3.63) is 89.6 Å². The molecule has 184 valence electrons. The van der Waals surface area contributed by atoms with Crippen LogP contribution in [0, 0.1) is 5.82 Å². The third-order valence-electron chi connectivity index (χ3n) is 5.96. The highest BCUT2D eigenvalue weighted by molar-refractivity contribution is 5.98. The molecule has 1 atom stereocenters. The summed E-state index contributed by atoms with van der Waals surface area (Å²) in [6, 6.07) is 16.5. The number of halogens is 1. The van der Waals surface area contributed by atoms with E-state index in [9.17, 15) is 14.0 Å². The molecule has 2 amide bonds. The lowest BCUT2D eigenvalue weighted by Gasteiger charge is -2.29. The van der Waals surface area contributed by atoms with Crippen LogP contribution >= 0.6 is 0 Å². The number of methoxy groups -OCH3 is 1. The van der Waals surface area contributed by atoms with Crippen molar-refractivity contribution < 1.29 is 27.9 Å². The molecule has 2 aromatic carbocycles. The first-order chi connectivity index (χ1) is 17.0. The molecule has 1 aliphatic heterocycles. The lowest BCUT2D eigenvalue weighted by molar-refractivity contribution is -0.133. The van der Waals surface area contributed by atoms with E-state index >= 15 is 0 Å². The van der Waals surface area contributed by atoms with E-state index in [0.29, 0.717) is 30.2 Å². The van der Waals surface area contributed by atoms with E-state index < -0.39 is 0 Å². The zero-order chi connectivity index (χ0) is 24.6. The molecule has 8 heteroatoms. The van der Waals surface area contributed by atoms with Crippen LogP contribution in [0.1, 0.15) is 34.5 Å². The first kappa shape index (κ1) is 24.5. The van der Waals surface area contributed by atoms with Crippen molar-refractivity contribution in [3.63, 3.8) is 0 Å². The minimum atomic E-state index is -0.345. The van der Waals surface area contributed by atoms with Crippen LogP contribution in [0.5, 0.6) is 5.75 Å². The molecule has 0 N–H and O–H groups in total. The van der Waals surface area contributed by atoms with Gasteiger partial charge in [-0.15, -0.1) is 0 Å². The van der Waals surface area contributed by atoms with Crippen LogP contribution in [0.25, 0.3) is 0 Å². The molecule has 1 aliphatic rings. The molecular formula is C27H29FN2O5. The van der Waals surface area contributed by atoms with Crippen molar-refractivity contribution in [3.8, 4) is 5.75 Å². The number of carbonyl (C=O) groups is 2. The number of hydrogen-bond donors (Lipinski definition) is 0. The number of benzene rings is 2. The molecule has 2 heterocycles. The molecule has 0 aliphatic carbocycles. The summed E-state index contributed by atoms with van der Waals surface area (Å²) >= 11 is 0. The summed E-state index contributed by atoms with van der Waals surface area (Å²) in [5, 5.41) is 0.